The second-order valence-corrected chi connectivity index (χ2v) is 13.0. The molecule has 2 saturated carbocycles. The Kier molecular flexibility index (Phi) is 13.4. The van der Waals surface area contributed by atoms with Crippen LogP contribution in [0.2, 0.25) is 0 Å². The highest BCUT2D eigenvalue weighted by Gasteiger charge is 2.51. The normalized spacial score (nSPS) is 42.2. The lowest BCUT2D eigenvalue weighted by Gasteiger charge is -2.48. The number of nitrogens with two attached hydrogens (primary N) is 1. The summed E-state index contributed by atoms with van der Waals surface area (Å²) in [4.78, 5) is 24.9. The second-order valence-electron chi connectivity index (χ2n) is 13.0. The van der Waals surface area contributed by atoms with E-state index in [0.29, 0.717) is 6.42 Å². The van der Waals surface area contributed by atoms with E-state index >= 15 is 0 Å². The molecule has 1 amide bonds. The van der Waals surface area contributed by atoms with Crippen LogP contribution in [0.25, 0.3) is 0 Å². The zero-order valence-corrected chi connectivity index (χ0v) is 26.1. The third-order valence-corrected chi connectivity index (χ3v) is 9.72. The standard InChI is InChI=1S/C30H52N2O13/c1-14-7-6-10-17(26(14)45-30-25(38)24(37)22(35)15(2)41-30)43-29-21(32-20(34)12-31)27(23(36)19(13-33)44-29)42-18(28(39)40)11-16-8-4-3-5-9-16/h14-19,21-27,29-30,33,35-38H,3-13,31H2,1-2H3,(H,32,34)(H,39,40)/t14?,15?,17-,18+,19+,21?,22-,23+,24+,25?,26-,27?,29-,30+/m1/s1. The summed E-state index contributed by atoms with van der Waals surface area (Å²) in [5, 5.41) is 65.0. The lowest BCUT2D eigenvalue weighted by Crippen LogP contribution is -2.67. The summed E-state index contributed by atoms with van der Waals surface area (Å²) in [6.45, 7) is 2.43. The van der Waals surface area contributed by atoms with Gasteiger partial charge in [-0.2, -0.15) is 0 Å². The predicted octanol–water partition coefficient (Wildman–Crippen LogP) is -1.27. The number of ether oxygens (including phenoxy) is 5. The van der Waals surface area contributed by atoms with Crippen molar-refractivity contribution in [3.8, 4) is 0 Å². The Morgan fingerprint density at radius 2 is 1.58 bits per heavy atom. The van der Waals surface area contributed by atoms with Crippen molar-refractivity contribution in [2.45, 2.75) is 151 Å². The van der Waals surface area contributed by atoms with Gasteiger partial charge < -0.3 is 65.4 Å². The molecule has 14 atom stereocenters. The molecular formula is C30H52N2O13. The van der Waals surface area contributed by atoms with Gasteiger partial charge in [-0.3, -0.25) is 4.79 Å². The Morgan fingerprint density at radius 1 is 0.867 bits per heavy atom. The summed E-state index contributed by atoms with van der Waals surface area (Å²) in [5.74, 6) is -1.80. The minimum absolute atomic E-state index is 0.113. The molecule has 5 unspecified atom stereocenters. The molecule has 15 nitrogen and oxygen atoms in total. The average Bonchev–Trinajstić information content (AvgIpc) is 3.02. The Bertz CT molecular complexity index is 955. The van der Waals surface area contributed by atoms with Crippen LogP contribution in [-0.2, 0) is 33.3 Å². The maximum atomic E-state index is 12.6. The molecule has 0 aromatic carbocycles. The van der Waals surface area contributed by atoms with Gasteiger partial charge in [0, 0.05) is 0 Å². The number of rotatable bonds is 12. The molecule has 4 aliphatic rings. The molecule has 45 heavy (non-hydrogen) atoms. The molecule has 0 aromatic rings. The van der Waals surface area contributed by atoms with E-state index in [-0.39, 0.29) is 18.3 Å². The van der Waals surface area contributed by atoms with Gasteiger partial charge in [-0.1, -0.05) is 45.4 Å². The summed E-state index contributed by atoms with van der Waals surface area (Å²) >= 11 is 0. The minimum atomic E-state index is -1.53. The molecule has 0 bridgehead atoms. The first-order chi connectivity index (χ1) is 21.4. The molecular weight excluding hydrogens is 596 g/mol. The lowest BCUT2D eigenvalue weighted by molar-refractivity contribution is -0.336. The number of nitrogens with one attached hydrogen (secondary N) is 1. The van der Waals surface area contributed by atoms with Crippen LogP contribution in [0.15, 0.2) is 0 Å². The van der Waals surface area contributed by atoms with Gasteiger partial charge in [0.15, 0.2) is 18.7 Å². The molecule has 0 aromatic heterocycles. The van der Waals surface area contributed by atoms with E-state index in [1.54, 1.807) is 6.92 Å². The van der Waals surface area contributed by atoms with Crippen LogP contribution in [0.5, 0.6) is 0 Å². The number of carbonyl (C=O) groups is 2. The highest BCUT2D eigenvalue weighted by atomic mass is 16.7. The lowest BCUT2D eigenvalue weighted by atomic mass is 9.85. The number of aliphatic hydroxyl groups is 5. The molecule has 2 aliphatic carbocycles. The van der Waals surface area contributed by atoms with Crippen molar-refractivity contribution in [3.63, 3.8) is 0 Å². The SMILES string of the molecule is CC1O[C@@H](O[C@@H]2C(C)CCC[C@H]2O[C@@H]2O[C@@H](CO)[C@H](O)C(O[C@@H](CC3CCCCC3)C(=O)O)C2NC(=O)CN)C(O)[C@@H](O)[C@@H]1O. The van der Waals surface area contributed by atoms with Gasteiger partial charge in [-0.15, -0.1) is 0 Å². The molecule has 15 heteroatoms. The fraction of sp³-hybridized carbons (Fsp3) is 0.933. The van der Waals surface area contributed by atoms with Crippen LogP contribution in [0.1, 0.15) is 71.6 Å². The number of carboxylic acid groups (broad SMARTS) is 1. The van der Waals surface area contributed by atoms with Crippen molar-refractivity contribution < 1.29 is 63.9 Å². The average molecular weight is 649 g/mol. The van der Waals surface area contributed by atoms with E-state index in [0.717, 1.165) is 44.9 Å². The van der Waals surface area contributed by atoms with Crippen LogP contribution in [-0.4, -0.2) is 135 Å². The maximum absolute atomic E-state index is 12.6. The van der Waals surface area contributed by atoms with Gasteiger partial charge in [0.2, 0.25) is 5.91 Å². The number of hydrogen-bond donors (Lipinski definition) is 8. The molecule has 0 radical (unpaired) electrons. The number of carbonyl (C=O) groups excluding carboxylic acids is 1. The van der Waals surface area contributed by atoms with E-state index in [4.69, 9.17) is 29.4 Å². The van der Waals surface area contributed by atoms with Crippen molar-refractivity contribution in [1.82, 2.24) is 5.32 Å². The molecule has 260 valence electrons. The van der Waals surface area contributed by atoms with Crippen LogP contribution in [0.4, 0.5) is 0 Å². The van der Waals surface area contributed by atoms with Gasteiger partial charge in [0.05, 0.1) is 31.5 Å². The van der Waals surface area contributed by atoms with Gasteiger partial charge in [0.25, 0.3) is 0 Å². The van der Waals surface area contributed by atoms with Crippen molar-refractivity contribution in [1.29, 1.82) is 0 Å². The van der Waals surface area contributed by atoms with Gasteiger partial charge >= 0.3 is 5.97 Å². The Hall–Kier alpha value is -1.50. The minimum Gasteiger partial charge on any atom is -0.479 e. The highest BCUT2D eigenvalue weighted by Crippen LogP contribution is 2.36. The highest BCUT2D eigenvalue weighted by molar-refractivity contribution is 5.78. The third-order valence-electron chi connectivity index (χ3n) is 9.72. The number of aliphatic carboxylic acids is 1. The van der Waals surface area contributed by atoms with E-state index in [1.807, 2.05) is 6.92 Å². The van der Waals surface area contributed by atoms with E-state index in [1.165, 1.54) is 0 Å². The zero-order chi connectivity index (χ0) is 32.8. The number of amides is 1. The van der Waals surface area contributed by atoms with E-state index in [9.17, 15) is 40.2 Å². The largest absolute Gasteiger partial charge is 0.479 e. The summed E-state index contributed by atoms with van der Waals surface area (Å²) < 4.78 is 30.3. The summed E-state index contributed by atoms with van der Waals surface area (Å²) in [5.41, 5.74) is 5.59. The first-order valence-electron chi connectivity index (χ1n) is 16.3. The maximum Gasteiger partial charge on any atom is 0.332 e. The third kappa shape index (κ3) is 8.90. The monoisotopic (exact) mass is 648 g/mol. The summed E-state index contributed by atoms with van der Waals surface area (Å²) in [7, 11) is 0. The topological polar surface area (TPSA) is 240 Å². The van der Waals surface area contributed by atoms with E-state index < -0.39 is 105 Å². The van der Waals surface area contributed by atoms with Crippen LogP contribution >= 0.6 is 0 Å². The van der Waals surface area contributed by atoms with Gasteiger partial charge in [-0.25, -0.2) is 4.79 Å². The van der Waals surface area contributed by atoms with Gasteiger partial charge in [0.1, 0.15) is 42.7 Å². The van der Waals surface area contributed by atoms with Crippen molar-refractivity contribution in [2.75, 3.05) is 13.2 Å². The fourth-order valence-electron chi connectivity index (χ4n) is 7.03. The first-order valence-corrected chi connectivity index (χ1v) is 16.3. The molecule has 4 rings (SSSR count). The smallest absolute Gasteiger partial charge is 0.332 e. The zero-order valence-electron chi connectivity index (χ0n) is 26.1. The van der Waals surface area contributed by atoms with Crippen molar-refractivity contribution in [3.05, 3.63) is 0 Å². The molecule has 9 N–H and O–H groups in total. The molecule has 2 aliphatic heterocycles. The number of aliphatic hydroxyl groups excluding tert-OH is 5. The Labute approximate surface area is 263 Å². The van der Waals surface area contributed by atoms with Gasteiger partial charge in [-0.05, 0) is 38.0 Å². The molecule has 2 saturated heterocycles. The fourth-order valence-corrected chi connectivity index (χ4v) is 7.03. The Morgan fingerprint density at radius 3 is 2.22 bits per heavy atom. The quantitative estimate of drug-likeness (QED) is 0.123. The van der Waals surface area contributed by atoms with Crippen molar-refractivity contribution in [2.24, 2.45) is 17.6 Å². The predicted molar refractivity (Wildman–Crippen MR) is 155 cm³/mol. The van der Waals surface area contributed by atoms with Crippen LogP contribution in [0, 0.1) is 11.8 Å². The Balaban J connectivity index is 1.57. The summed E-state index contributed by atoms with van der Waals surface area (Å²) in [6, 6.07) is -1.21. The second kappa shape index (κ2) is 16.6. The van der Waals surface area contributed by atoms with Crippen LogP contribution < -0.4 is 11.1 Å². The molecule has 2 heterocycles. The first kappa shape index (κ1) is 36.3. The van der Waals surface area contributed by atoms with Crippen molar-refractivity contribution >= 4 is 11.9 Å². The van der Waals surface area contributed by atoms with E-state index in [2.05, 4.69) is 5.32 Å². The van der Waals surface area contributed by atoms with Crippen LogP contribution in [0.3, 0.4) is 0 Å². The number of hydrogen-bond acceptors (Lipinski definition) is 13. The number of carboxylic acids is 1. The summed E-state index contributed by atoms with van der Waals surface area (Å²) in [6.07, 6.45) is -7.48. The molecule has 4 fully saturated rings. The molecule has 0 spiro atoms.